The molecular formula is C18H32O3. The first-order valence-corrected chi connectivity index (χ1v) is 8.89. The lowest BCUT2D eigenvalue weighted by Gasteiger charge is -2.18. The number of rotatable bonds is 12. The van der Waals surface area contributed by atoms with Crippen molar-refractivity contribution in [1.29, 1.82) is 0 Å². The van der Waals surface area contributed by atoms with Crippen molar-refractivity contribution in [2.45, 2.75) is 90.4 Å². The van der Waals surface area contributed by atoms with Crippen LogP contribution >= 0.6 is 0 Å². The molecule has 1 aliphatic rings. The molecule has 3 heteroatoms. The zero-order valence-electron chi connectivity index (χ0n) is 13.6. The van der Waals surface area contributed by atoms with Crippen LogP contribution in [0.2, 0.25) is 0 Å². The van der Waals surface area contributed by atoms with E-state index in [4.69, 9.17) is 5.11 Å². The summed E-state index contributed by atoms with van der Waals surface area (Å²) in [4.78, 5) is 22.4. The molecule has 0 heterocycles. The first kappa shape index (κ1) is 18.2. The Morgan fingerprint density at radius 3 is 2.43 bits per heavy atom. The number of carbonyl (C=O) groups excluding carboxylic acids is 1. The first-order chi connectivity index (χ1) is 10.1. The molecule has 0 aromatic carbocycles. The maximum absolute atomic E-state index is 12.0. The molecule has 0 spiro atoms. The summed E-state index contributed by atoms with van der Waals surface area (Å²) in [7, 11) is 0. The normalized spacial score (nSPS) is 21.9. The third kappa shape index (κ3) is 7.63. The van der Waals surface area contributed by atoms with Crippen molar-refractivity contribution in [2.75, 3.05) is 0 Å². The van der Waals surface area contributed by atoms with E-state index < -0.39 is 5.97 Å². The highest BCUT2D eigenvalue weighted by atomic mass is 16.4. The first-order valence-electron chi connectivity index (χ1n) is 8.89. The van der Waals surface area contributed by atoms with Gasteiger partial charge >= 0.3 is 5.97 Å². The Morgan fingerprint density at radius 2 is 1.71 bits per heavy atom. The quantitative estimate of drug-likeness (QED) is 0.517. The van der Waals surface area contributed by atoms with Crippen LogP contribution in [0.15, 0.2) is 0 Å². The molecule has 1 fully saturated rings. The summed E-state index contributed by atoms with van der Waals surface area (Å²) in [5.41, 5.74) is 0. The van der Waals surface area contributed by atoms with Gasteiger partial charge in [0.25, 0.3) is 0 Å². The summed E-state index contributed by atoms with van der Waals surface area (Å²) >= 11 is 0. The largest absolute Gasteiger partial charge is 0.481 e. The number of carboxylic acids is 1. The summed E-state index contributed by atoms with van der Waals surface area (Å²) in [5.74, 6) is 0.792. The highest BCUT2D eigenvalue weighted by Gasteiger charge is 2.33. The molecule has 0 amide bonds. The predicted octanol–water partition coefficient (Wildman–Crippen LogP) is 4.98. The van der Waals surface area contributed by atoms with Gasteiger partial charge in [0, 0.05) is 18.8 Å². The lowest BCUT2D eigenvalue weighted by molar-refractivity contribution is -0.137. The Balaban J connectivity index is 2.10. The standard InChI is InChI=1S/C18H32O3/c1-2-3-7-10-15-13-14-17(19)16(15)11-8-5-4-6-9-12-18(20)21/h15-16H,2-14H2,1H3,(H,20,21)/t15-,16-/m0/s1. The zero-order valence-corrected chi connectivity index (χ0v) is 13.6. The Hall–Kier alpha value is -0.860. The third-order valence-electron chi connectivity index (χ3n) is 4.83. The average molecular weight is 296 g/mol. The van der Waals surface area contributed by atoms with Crippen LogP contribution in [0.1, 0.15) is 90.4 Å². The van der Waals surface area contributed by atoms with Crippen LogP contribution in [0.4, 0.5) is 0 Å². The van der Waals surface area contributed by atoms with Crippen molar-refractivity contribution in [3.63, 3.8) is 0 Å². The molecule has 0 saturated heterocycles. The fourth-order valence-corrected chi connectivity index (χ4v) is 3.55. The van der Waals surface area contributed by atoms with Crippen molar-refractivity contribution in [3.8, 4) is 0 Å². The van der Waals surface area contributed by atoms with Gasteiger partial charge in [0.15, 0.2) is 0 Å². The van der Waals surface area contributed by atoms with Gasteiger partial charge < -0.3 is 5.11 Å². The van der Waals surface area contributed by atoms with Gasteiger partial charge in [0.05, 0.1) is 0 Å². The molecular weight excluding hydrogens is 264 g/mol. The second-order valence-corrected chi connectivity index (χ2v) is 6.57. The van der Waals surface area contributed by atoms with Crippen LogP contribution < -0.4 is 0 Å². The van der Waals surface area contributed by atoms with E-state index in [0.29, 0.717) is 24.0 Å². The smallest absolute Gasteiger partial charge is 0.303 e. The number of carboxylic acid groups (broad SMARTS) is 1. The van der Waals surface area contributed by atoms with Gasteiger partial charge in [-0.3, -0.25) is 9.59 Å². The molecule has 3 nitrogen and oxygen atoms in total. The molecule has 2 atom stereocenters. The van der Waals surface area contributed by atoms with Crippen LogP contribution in [-0.2, 0) is 9.59 Å². The Bertz CT molecular complexity index is 312. The minimum Gasteiger partial charge on any atom is -0.481 e. The van der Waals surface area contributed by atoms with E-state index >= 15 is 0 Å². The summed E-state index contributed by atoms with van der Waals surface area (Å²) in [6, 6.07) is 0. The van der Waals surface area contributed by atoms with Gasteiger partial charge in [0.1, 0.15) is 5.78 Å². The van der Waals surface area contributed by atoms with Gasteiger partial charge in [-0.25, -0.2) is 0 Å². The molecule has 1 rings (SSSR count). The SMILES string of the molecule is CCCCC[C@H]1CCC(=O)[C@H]1CCCCCCCC(=O)O. The van der Waals surface area contributed by atoms with Crippen LogP contribution in [0.3, 0.4) is 0 Å². The molecule has 0 bridgehead atoms. The highest BCUT2D eigenvalue weighted by molar-refractivity contribution is 5.83. The lowest BCUT2D eigenvalue weighted by atomic mass is 9.86. The lowest BCUT2D eigenvalue weighted by Crippen LogP contribution is -2.14. The number of hydrogen-bond acceptors (Lipinski definition) is 2. The Kier molecular flexibility index (Phi) is 9.36. The monoisotopic (exact) mass is 296 g/mol. The number of unbranched alkanes of at least 4 members (excludes halogenated alkanes) is 6. The Labute approximate surface area is 129 Å². The molecule has 0 aromatic heterocycles. The zero-order chi connectivity index (χ0) is 15.5. The van der Waals surface area contributed by atoms with Gasteiger partial charge in [-0.05, 0) is 31.6 Å². The summed E-state index contributed by atoms with van der Waals surface area (Å²) in [5, 5.41) is 8.57. The molecule has 0 unspecified atom stereocenters. The molecule has 0 aromatic rings. The van der Waals surface area contributed by atoms with Crippen molar-refractivity contribution >= 4 is 11.8 Å². The van der Waals surface area contributed by atoms with E-state index in [2.05, 4.69) is 6.92 Å². The van der Waals surface area contributed by atoms with Crippen LogP contribution in [-0.4, -0.2) is 16.9 Å². The second kappa shape index (κ2) is 10.8. The van der Waals surface area contributed by atoms with E-state index in [-0.39, 0.29) is 0 Å². The minimum absolute atomic E-state index is 0.292. The topological polar surface area (TPSA) is 54.4 Å². The van der Waals surface area contributed by atoms with E-state index in [0.717, 1.165) is 51.4 Å². The molecule has 0 radical (unpaired) electrons. The van der Waals surface area contributed by atoms with Crippen LogP contribution in [0.25, 0.3) is 0 Å². The van der Waals surface area contributed by atoms with E-state index in [1.165, 1.54) is 25.7 Å². The van der Waals surface area contributed by atoms with Gasteiger partial charge in [-0.15, -0.1) is 0 Å². The number of carbonyl (C=O) groups is 2. The van der Waals surface area contributed by atoms with E-state index in [9.17, 15) is 9.59 Å². The fraction of sp³-hybridized carbons (Fsp3) is 0.889. The summed E-state index contributed by atoms with van der Waals surface area (Å²) < 4.78 is 0. The van der Waals surface area contributed by atoms with Crippen LogP contribution in [0, 0.1) is 11.8 Å². The average Bonchev–Trinajstić information content (AvgIpc) is 2.79. The molecule has 1 aliphatic carbocycles. The summed E-state index contributed by atoms with van der Waals surface area (Å²) in [6.45, 7) is 2.22. The van der Waals surface area contributed by atoms with Crippen molar-refractivity contribution in [1.82, 2.24) is 0 Å². The Morgan fingerprint density at radius 1 is 1.05 bits per heavy atom. The van der Waals surface area contributed by atoms with Crippen LogP contribution in [0.5, 0.6) is 0 Å². The minimum atomic E-state index is -0.693. The summed E-state index contributed by atoms with van der Waals surface area (Å²) in [6.07, 6.45) is 13.5. The van der Waals surface area contributed by atoms with Crippen molar-refractivity contribution in [2.24, 2.45) is 11.8 Å². The second-order valence-electron chi connectivity index (χ2n) is 6.57. The van der Waals surface area contributed by atoms with Gasteiger partial charge in [-0.2, -0.15) is 0 Å². The predicted molar refractivity (Wildman–Crippen MR) is 85.3 cm³/mol. The maximum Gasteiger partial charge on any atom is 0.303 e. The number of ketones is 1. The van der Waals surface area contributed by atoms with Gasteiger partial charge in [-0.1, -0.05) is 51.9 Å². The van der Waals surface area contributed by atoms with E-state index in [1.54, 1.807) is 0 Å². The van der Waals surface area contributed by atoms with Crippen molar-refractivity contribution < 1.29 is 14.7 Å². The maximum atomic E-state index is 12.0. The molecule has 0 aliphatic heterocycles. The molecule has 1 N–H and O–H groups in total. The number of Topliss-reactive ketones (excluding diaryl/α,β-unsaturated/α-hetero) is 1. The van der Waals surface area contributed by atoms with E-state index in [1.807, 2.05) is 0 Å². The highest BCUT2D eigenvalue weighted by Crippen LogP contribution is 2.36. The number of hydrogen-bond donors (Lipinski definition) is 1. The molecule has 1 saturated carbocycles. The molecule has 122 valence electrons. The van der Waals surface area contributed by atoms with Crippen molar-refractivity contribution in [3.05, 3.63) is 0 Å². The van der Waals surface area contributed by atoms with Gasteiger partial charge in [0.2, 0.25) is 0 Å². The number of aliphatic carboxylic acids is 1. The molecule has 21 heavy (non-hydrogen) atoms. The third-order valence-corrected chi connectivity index (χ3v) is 4.83. The fourth-order valence-electron chi connectivity index (χ4n) is 3.55.